The van der Waals surface area contributed by atoms with Crippen molar-refractivity contribution >= 4 is 11.8 Å². The van der Waals surface area contributed by atoms with E-state index in [2.05, 4.69) is 5.32 Å². The summed E-state index contributed by atoms with van der Waals surface area (Å²) in [5.41, 5.74) is -1.35. The van der Waals surface area contributed by atoms with Gasteiger partial charge in [-0.3, -0.25) is 9.59 Å². The minimum Gasteiger partial charge on any atom is -0.380 e. The zero-order chi connectivity index (χ0) is 15.5. The Kier molecular flexibility index (Phi) is 4.91. The van der Waals surface area contributed by atoms with Crippen molar-refractivity contribution in [1.82, 2.24) is 10.2 Å². The topological polar surface area (TPSA) is 58.6 Å². The summed E-state index contributed by atoms with van der Waals surface area (Å²) in [7, 11) is 0. The zero-order valence-electron chi connectivity index (χ0n) is 13.5. The first-order chi connectivity index (χ1) is 10.1. The van der Waals surface area contributed by atoms with E-state index >= 15 is 0 Å². The van der Waals surface area contributed by atoms with Crippen molar-refractivity contribution in [1.29, 1.82) is 0 Å². The van der Waals surface area contributed by atoms with Crippen molar-refractivity contribution < 1.29 is 14.3 Å². The second-order valence-electron chi connectivity index (χ2n) is 6.14. The molecule has 0 atom stereocenters. The fourth-order valence-electron chi connectivity index (χ4n) is 3.76. The van der Waals surface area contributed by atoms with Crippen LogP contribution in [0.15, 0.2) is 0 Å². The average Bonchev–Trinajstić information content (AvgIpc) is 2.98. The first-order valence-corrected chi connectivity index (χ1v) is 8.28. The van der Waals surface area contributed by atoms with Gasteiger partial charge in [0.05, 0.1) is 6.61 Å². The van der Waals surface area contributed by atoms with Crippen LogP contribution in [0.1, 0.15) is 59.3 Å². The number of carbonyl (C=O) groups is 2. The van der Waals surface area contributed by atoms with E-state index in [4.69, 9.17) is 4.74 Å². The maximum Gasteiger partial charge on any atom is 0.249 e. The molecule has 2 rings (SSSR count). The van der Waals surface area contributed by atoms with Crippen LogP contribution in [-0.2, 0) is 14.3 Å². The summed E-state index contributed by atoms with van der Waals surface area (Å²) in [5.74, 6) is 0.119. The summed E-state index contributed by atoms with van der Waals surface area (Å²) in [6.45, 7) is 7.53. The predicted octanol–water partition coefficient (Wildman–Crippen LogP) is 1.85. The Balaban J connectivity index is 2.30. The van der Waals surface area contributed by atoms with Crippen LogP contribution >= 0.6 is 0 Å². The molecule has 1 aliphatic heterocycles. The molecule has 0 bridgehead atoms. The molecule has 0 unspecified atom stereocenters. The highest BCUT2D eigenvalue weighted by molar-refractivity contribution is 6.02. The SMILES string of the molecule is CCOCCN1C(=O)C(CC)(CC)NC(=O)C12CCCC2. The second kappa shape index (κ2) is 6.34. The highest BCUT2D eigenvalue weighted by atomic mass is 16.5. The van der Waals surface area contributed by atoms with Crippen LogP contribution in [0.2, 0.25) is 0 Å². The van der Waals surface area contributed by atoms with E-state index in [9.17, 15) is 9.59 Å². The third kappa shape index (κ3) is 2.56. The van der Waals surface area contributed by atoms with E-state index in [1.807, 2.05) is 25.7 Å². The largest absolute Gasteiger partial charge is 0.380 e. The van der Waals surface area contributed by atoms with Gasteiger partial charge in [0.1, 0.15) is 11.1 Å². The Morgan fingerprint density at radius 3 is 2.29 bits per heavy atom. The van der Waals surface area contributed by atoms with Gasteiger partial charge >= 0.3 is 0 Å². The van der Waals surface area contributed by atoms with Gasteiger partial charge in [0.25, 0.3) is 0 Å². The van der Waals surface area contributed by atoms with Gasteiger partial charge in [-0.1, -0.05) is 26.7 Å². The first-order valence-electron chi connectivity index (χ1n) is 8.28. The normalized spacial score (nSPS) is 23.7. The van der Waals surface area contributed by atoms with Gasteiger partial charge in [-0.15, -0.1) is 0 Å². The molecule has 0 radical (unpaired) electrons. The molecule has 120 valence electrons. The predicted molar refractivity (Wildman–Crippen MR) is 80.9 cm³/mol. The molecule has 5 heteroatoms. The summed E-state index contributed by atoms with van der Waals surface area (Å²) < 4.78 is 5.43. The first kappa shape index (κ1) is 16.3. The van der Waals surface area contributed by atoms with Gasteiger partial charge < -0.3 is 15.0 Å². The summed E-state index contributed by atoms with van der Waals surface area (Å²) in [4.78, 5) is 27.7. The molecule has 2 amide bonds. The maximum absolute atomic E-state index is 13.1. The molecule has 1 saturated heterocycles. The molecule has 0 aromatic carbocycles. The van der Waals surface area contributed by atoms with Crippen LogP contribution < -0.4 is 5.32 Å². The maximum atomic E-state index is 13.1. The van der Waals surface area contributed by atoms with Crippen LogP contribution in [0.4, 0.5) is 0 Å². The van der Waals surface area contributed by atoms with Crippen LogP contribution in [0, 0.1) is 0 Å². The number of amides is 2. The van der Waals surface area contributed by atoms with E-state index in [1.54, 1.807) is 0 Å². The Bertz CT molecular complexity index is 398. The number of ether oxygens (including phenoxy) is 1. The molecule has 1 heterocycles. The van der Waals surface area contributed by atoms with Gasteiger partial charge in [-0.05, 0) is 32.6 Å². The van der Waals surface area contributed by atoms with E-state index in [0.29, 0.717) is 32.6 Å². The Labute approximate surface area is 127 Å². The summed E-state index contributed by atoms with van der Waals surface area (Å²) in [6, 6.07) is 0. The quantitative estimate of drug-likeness (QED) is 0.761. The number of rotatable bonds is 6. The summed E-state index contributed by atoms with van der Waals surface area (Å²) >= 11 is 0. The number of hydrogen-bond acceptors (Lipinski definition) is 3. The number of nitrogens with zero attached hydrogens (tertiary/aromatic N) is 1. The number of piperazine rings is 1. The van der Waals surface area contributed by atoms with Crippen LogP contribution in [0.3, 0.4) is 0 Å². The fourth-order valence-corrected chi connectivity index (χ4v) is 3.76. The standard InChI is InChI=1S/C16H28N2O3/c1-4-15(5-2)14(20)18(11-12-21-6-3)16(13(19)17-15)9-7-8-10-16/h4-12H2,1-3H3,(H,17,19). The highest BCUT2D eigenvalue weighted by Gasteiger charge is 2.57. The van der Waals surface area contributed by atoms with Crippen molar-refractivity contribution in [2.75, 3.05) is 19.8 Å². The number of carbonyl (C=O) groups excluding carboxylic acids is 2. The van der Waals surface area contributed by atoms with Crippen molar-refractivity contribution in [3.8, 4) is 0 Å². The Morgan fingerprint density at radius 1 is 1.14 bits per heavy atom. The summed E-state index contributed by atoms with van der Waals surface area (Å²) in [6.07, 6.45) is 4.85. The van der Waals surface area contributed by atoms with Gasteiger partial charge in [0, 0.05) is 13.2 Å². The van der Waals surface area contributed by atoms with Gasteiger partial charge in [0.2, 0.25) is 11.8 Å². The lowest BCUT2D eigenvalue weighted by Crippen LogP contribution is -2.75. The zero-order valence-corrected chi connectivity index (χ0v) is 13.5. The molecule has 0 aromatic rings. The lowest BCUT2D eigenvalue weighted by molar-refractivity contribution is -0.164. The molecular weight excluding hydrogens is 268 g/mol. The van der Waals surface area contributed by atoms with E-state index in [0.717, 1.165) is 25.7 Å². The summed E-state index contributed by atoms with van der Waals surface area (Å²) in [5, 5.41) is 3.06. The molecular formula is C16H28N2O3. The lowest BCUT2D eigenvalue weighted by atomic mass is 9.81. The third-order valence-electron chi connectivity index (χ3n) is 5.25. The molecule has 1 N–H and O–H groups in total. The van der Waals surface area contributed by atoms with Crippen LogP contribution in [0.25, 0.3) is 0 Å². The van der Waals surface area contributed by atoms with E-state index in [1.165, 1.54) is 0 Å². The van der Waals surface area contributed by atoms with Crippen molar-refractivity contribution in [3.63, 3.8) is 0 Å². The minimum absolute atomic E-state index is 0.0415. The van der Waals surface area contributed by atoms with Crippen molar-refractivity contribution in [2.24, 2.45) is 0 Å². The van der Waals surface area contributed by atoms with Crippen molar-refractivity contribution in [3.05, 3.63) is 0 Å². The molecule has 2 aliphatic rings. The molecule has 0 aromatic heterocycles. The fraction of sp³-hybridized carbons (Fsp3) is 0.875. The van der Waals surface area contributed by atoms with Gasteiger partial charge in [-0.2, -0.15) is 0 Å². The average molecular weight is 296 g/mol. The molecule has 1 aliphatic carbocycles. The molecule has 21 heavy (non-hydrogen) atoms. The Morgan fingerprint density at radius 2 is 1.76 bits per heavy atom. The second-order valence-corrected chi connectivity index (χ2v) is 6.14. The molecule has 5 nitrogen and oxygen atoms in total. The van der Waals surface area contributed by atoms with Gasteiger partial charge in [0.15, 0.2) is 0 Å². The van der Waals surface area contributed by atoms with Crippen LogP contribution in [0.5, 0.6) is 0 Å². The van der Waals surface area contributed by atoms with Gasteiger partial charge in [-0.25, -0.2) is 0 Å². The molecule has 1 spiro atoms. The van der Waals surface area contributed by atoms with E-state index in [-0.39, 0.29) is 11.8 Å². The Hall–Kier alpha value is -1.10. The number of nitrogens with one attached hydrogen (secondary N) is 1. The third-order valence-corrected chi connectivity index (χ3v) is 5.25. The molecule has 1 saturated carbocycles. The highest BCUT2D eigenvalue weighted by Crippen LogP contribution is 2.41. The monoisotopic (exact) mass is 296 g/mol. The van der Waals surface area contributed by atoms with E-state index < -0.39 is 11.1 Å². The van der Waals surface area contributed by atoms with Crippen LogP contribution in [-0.4, -0.2) is 47.6 Å². The lowest BCUT2D eigenvalue weighted by Gasteiger charge is -2.51. The van der Waals surface area contributed by atoms with Crippen molar-refractivity contribution in [2.45, 2.75) is 70.4 Å². The molecule has 2 fully saturated rings. The smallest absolute Gasteiger partial charge is 0.249 e. The number of hydrogen-bond donors (Lipinski definition) is 1. The minimum atomic E-state index is -0.725.